The van der Waals surface area contributed by atoms with Crippen molar-refractivity contribution in [2.45, 2.75) is 44.2 Å². The van der Waals surface area contributed by atoms with E-state index in [1.807, 2.05) is 11.0 Å². The van der Waals surface area contributed by atoms with Crippen molar-refractivity contribution in [1.29, 1.82) is 0 Å². The van der Waals surface area contributed by atoms with Gasteiger partial charge in [0.1, 0.15) is 17.7 Å². The molecule has 184 valence electrons. The minimum atomic E-state index is -0.251. The molecule has 2 fully saturated rings. The van der Waals surface area contributed by atoms with Crippen molar-refractivity contribution in [2.75, 3.05) is 38.2 Å². The van der Waals surface area contributed by atoms with Crippen LogP contribution < -0.4 is 10.2 Å². The van der Waals surface area contributed by atoms with Crippen molar-refractivity contribution in [3.8, 4) is 0 Å². The second kappa shape index (κ2) is 12.9. The highest BCUT2D eigenvalue weighted by Gasteiger charge is 2.34. The number of nitrogens with zero attached hydrogens (tertiary/aromatic N) is 3. The van der Waals surface area contributed by atoms with Crippen LogP contribution in [0.25, 0.3) is 0 Å². The highest BCUT2D eigenvalue weighted by atomic mass is 19.1. The fourth-order valence-corrected chi connectivity index (χ4v) is 4.18. The number of piperidine rings is 1. The van der Waals surface area contributed by atoms with Gasteiger partial charge in [-0.05, 0) is 49.9 Å². The molecule has 2 aromatic rings. The number of ether oxygens (including phenoxy) is 1. The Hall–Kier alpha value is -3.20. The maximum atomic E-state index is 12.4. The van der Waals surface area contributed by atoms with E-state index in [-0.39, 0.29) is 36.6 Å². The fourth-order valence-electron chi connectivity index (χ4n) is 4.18. The van der Waals surface area contributed by atoms with Crippen LogP contribution in [0.3, 0.4) is 0 Å². The van der Waals surface area contributed by atoms with Crippen LogP contribution in [0.1, 0.15) is 42.5 Å². The maximum absolute atomic E-state index is 12.4. The van der Waals surface area contributed by atoms with Gasteiger partial charge in [-0.1, -0.05) is 18.2 Å². The van der Waals surface area contributed by atoms with Crippen molar-refractivity contribution < 1.29 is 23.8 Å². The zero-order valence-corrected chi connectivity index (χ0v) is 19.5. The highest BCUT2D eigenvalue weighted by molar-refractivity contribution is 5.93. The monoisotopic (exact) mass is 472 g/mol. The average molecular weight is 473 g/mol. The number of pyridine rings is 1. The summed E-state index contributed by atoms with van der Waals surface area (Å²) in [4.78, 5) is 32.5. The van der Waals surface area contributed by atoms with E-state index in [2.05, 4.69) is 15.2 Å². The van der Waals surface area contributed by atoms with Gasteiger partial charge in [0.15, 0.2) is 0 Å². The van der Waals surface area contributed by atoms with Gasteiger partial charge in [0.25, 0.3) is 5.91 Å². The fraction of sp³-hybridized carbons (Fsp3) is 0.480. The molecule has 34 heavy (non-hydrogen) atoms. The lowest BCUT2D eigenvalue weighted by molar-refractivity contribution is 0.00385. The first-order valence-corrected chi connectivity index (χ1v) is 11.7. The van der Waals surface area contributed by atoms with E-state index in [0.29, 0.717) is 31.5 Å². The zero-order chi connectivity index (χ0) is 24.3. The number of aliphatic hydroxyl groups excluding tert-OH is 1. The molecule has 2 N–H and O–H groups in total. The highest BCUT2D eigenvalue weighted by Crippen LogP contribution is 2.25. The molecule has 0 bridgehead atoms. The van der Waals surface area contributed by atoms with Crippen LogP contribution in [0.15, 0.2) is 48.7 Å². The second-order valence-corrected chi connectivity index (χ2v) is 8.38. The van der Waals surface area contributed by atoms with E-state index >= 15 is 0 Å². The molecule has 3 heterocycles. The number of cyclic esters (lactones) is 1. The molecule has 4 rings (SSSR count). The smallest absolute Gasteiger partial charge is 0.410 e. The Morgan fingerprint density at radius 2 is 2.00 bits per heavy atom. The van der Waals surface area contributed by atoms with Crippen molar-refractivity contribution in [2.24, 2.45) is 0 Å². The van der Waals surface area contributed by atoms with Crippen molar-refractivity contribution in [1.82, 2.24) is 15.2 Å². The summed E-state index contributed by atoms with van der Waals surface area (Å²) in [5, 5.41) is 11.5. The zero-order valence-electron chi connectivity index (χ0n) is 19.5. The molecule has 2 saturated heterocycles. The molecule has 2 atom stereocenters. The number of carbonyl (C=O) groups excluding carboxylic acids is 2. The third-order valence-electron chi connectivity index (χ3n) is 6.01. The van der Waals surface area contributed by atoms with Gasteiger partial charge in [0, 0.05) is 45.9 Å². The number of anilines is 1. The Bertz CT molecular complexity index is 913. The second-order valence-electron chi connectivity index (χ2n) is 8.38. The van der Waals surface area contributed by atoms with E-state index in [4.69, 9.17) is 9.84 Å². The molecule has 0 spiro atoms. The predicted octanol–water partition coefficient (Wildman–Crippen LogP) is 3.22. The number of carbonyl (C=O) groups is 2. The van der Waals surface area contributed by atoms with E-state index in [9.17, 15) is 14.0 Å². The van der Waals surface area contributed by atoms with Crippen LogP contribution in [0.2, 0.25) is 0 Å². The quantitative estimate of drug-likeness (QED) is 0.671. The standard InChI is InChI=1S/C19H28N4O4.C6H5F/c1-20-18(25)14-6-7-17(21-12-14)22-9-2-4-15(13-22)23-10-8-16(5-3-11-24)27-19(23)26;7-6-4-2-1-3-5-6/h6-7,12,15-16,24H,2-5,8-11,13H2,1H3,(H,20,25);1-5H. The number of amides is 2. The van der Waals surface area contributed by atoms with Gasteiger partial charge in [-0.25, -0.2) is 14.2 Å². The predicted molar refractivity (Wildman–Crippen MR) is 127 cm³/mol. The van der Waals surface area contributed by atoms with Gasteiger partial charge in [-0.2, -0.15) is 0 Å². The molecule has 0 saturated carbocycles. The Morgan fingerprint density at radius 1 is 1.21 bits per heavy atom. The van der Waals surface area contributed by atoms with Crippen molar-refractivity contribution in [3.63, 3.8) is 0 Å². The van der Waals surface area contributed by atoms with Gasteiger partial charge in [-0.15, -0.1) is 0 Å². The lowest BCUT2D eigenvalue weighted by Crippen LogP contribution is -2.54. The maximum Gasteiger partial charge on any atom is 0.410 e. The largest absolute Gasteiger partial charge is 0.446 e. The Balaban J connectivity index is 0.000000396. The average Bonchev–Trinajstić information content (AvgIpc) is 2.88. The molecule has 1 aromatic carbocycles. The molecular formula is C25H33FN4O4. The summed E-state index contributed by atoms with van der Waals surface area (Å²) in [6.07, 6.45) is 5.35. The number of aliphatic hydroxyl groups is 1. The first-order chi connectivity index (χ1) is 16.5. The van der Waals surface area contributed by atoms with Crippen LogP contribution in [0.5, 0.6) is 0 Å². The summed E-state index contributed by atoms with van der Waals surface area (Å²) in [7, 11) is 1.59. The minimum Gasteiger partial charge on any atom is -0.446 e. The van der Waals surface area contributed by atoms with Gasteiger partial charge in [0.05, 0.1) is 11.6 Å². The van der Waals surface area contributed by atoms with Gasteiger partial charge in [0.2, 0.25) is 0 Å². The normalized spacial score (nSPS) is 20.1. The lowest BCUT2D eigenvalue weighted by atomic mass is 10.0. The third-order valence-corrected chi connectivity index (χ3v) is 6.01. The van der Waals surface area contributed by atoms with Crippen LogP contribution in [0.4, 0.5) is 15.0 Å². The lowest BCUT2D eigenvalue weighted by Gasteiger charge is -2.42. The summed E-state index contributed by atoms with van der Waals surface area (Å²) < 4.78 is 17.5. The van der Waals surface area contributed by atoms with Gasteiger partial charge in [-0.3, -0.25) is 4.79 Å². The number of aromatic nitrogens is 1. The molecule has 0 aliphatic carbocycles. The Morgan fingerprint density at radius 3 is 2.59 bits per heavy atom. The topological polar surface area (TPSA) is 95.0 Å². The van der Waals surface area contributed by atoms with Crippen LogP contribution in [0, 0.1) is 5.82 Å². The Labute approximate surface area is 199 Å². The summed E-state index contributed by atoms with van der Waals surface area (Å²) in [6.45, 7) is 2.41. The summed E-state index contributed by atoms with van der Waals surface area (Å²) in [6, 6.07) is 11.7. The summed E-state index contributed by atoms with van der Waals surface area (Å²) in [5.41, 5.74) is 0.531. The number of halogens is 1. The molecule has 2 aliphatic rings. The van der Waals surface area contributed by atoms with Crippen LogP contribution >= 0.6 is 0 Å². The molecular weight excluding hydrogens is 439 g/mol. The molecule has 2 amide bonds. The SMILES string of the molecule is CNC(=O)c1ccc(N2CCCC(N3CCC(CCCO)OC3=O)C2)nc1.Fc1ccccc1. The third kappa shape index (κ3) is 7.15. The Kier molecular flexibility index (Phi) is 9.63. The van der Waals surface area contributed by atoms with Crippen LogP contribution in [-0.4, -0.2) is 72.4 Å². The molecule has 1 aromatic heterocycles. The number of hydrogen-bond acceptors (Lipinski definition) is 6. The first kappa shape index (κ1) is 25.4. The van der Waals surface area contributed by atoms with Crippen molar-refractivity contribution in [3.05, 3.63) is 60.0 Å². The van der Waals surface area contributed by atoms with E-state index < -0.39 is 0 Å². The molecule has 9 heteroatoms. The number of benzene rings is 1. The summed E-state index contributed by atoms with van der Waals surface area (Å²) in [5.74, 6) is 0.485. The molecule has 2 unspecified atom stereocenters. The van der Waals surface area contributed by atoms with Crippen LogP contribution in [-0.2, 0) is 4.74 Å². The van der Waals surface area contributed by atoms with E-state index in [1.165, 1.54) is 12.1 Å². The summed E-state index contributed by atoms with van der Waals surface area (Å²) >= 11 is 0. The van der Waals surface area contributed by atoms with E-state index in [0.717, 1.165) is 31.6 Å². The van der Waals surface area contributed by atoms with Gasteiger partial charge < -0.3 is 25.0 Å². The van der Waals surface area contributed by atoms with E-state index in [1.54, 1.807) is 37.5 Å². The molecule has 2 aliphatic heterocycles. The number of rotatable bonds is 6. The first-order valence-electron chi connectivity index (χ1n) is 11.7. The molecule has 0 radical (unpaired) electrons. The number of hydrogen-bond donors (Lipinski definition) is 2. The van der Waals surface area contributed by atoms with Crippen molar-refractivity contribution >= 4 is 17.8 Å². The van der Waals surface area contributed by atoms with Gasteiger partial charge >= 0.3 is 6.09 Å². The molecule has 8 nitrogen and oxygen atoms in total. The number of nitrogens with one attached hydrogen (secondary N) is 1. The minimum absolute atomic E-state index is 0.0838.